The van der Waals surface area contributed by atoms with Crippen LogP contribution in [0.15, 0.2) is 24.3 Å². The SMILES string of the molecule is COC(=O)CN(Cc1ccc(Cl)cc1)CC1(C)CCNC1.Cl. The number of esters is 1. The fourth-order valence-electron chi connectivity index (χ4n) is 2.81. The lowest BCUT2D eigenvalue weighted by molar-refractivity contribution is -0.142. The maximum absolute atomic E-state index is 11.6. The van der Waals surface area contributed by atoms with E-state index in [1.54, 1.807) is 0 Å². The Bertz CT molecular complexity index is 474. The van der Waals surface area contributed by atoms with Crippen LogP contribution in [-0.2, 0) is 16.1 Å². The smallest absolute Gasteiger partial charge is 0.319 e. The Hall–Kier alpha value is -0.810. The number of halogens is 2. The predicted molar refractivity (Wildman–Crippen MR) is 91.6 cm³/mol. The van der Waals surface area contributed by atoms with Crippen molar-refractivity contribution in [2.75, 3.05) is 33.3 Å². The van der Waals surface area contributed by atoms with E-state index in [0.29, 0.717) is 6.54 Å². The molecule has 1 aliphatic rings. The van der Waals surface area contributed by atoms with Gasteiger partial charge in [0, 0.05) is 24.7 Å². The predicted octanol–water partition coefficient (Wildman–Crippen LogP) is 2.74. The van der Waals surface area contributed by atoms with Crippen molar-refractivity contribution in [1.29, 1.82) is 0 Å². The van der Waals surface area contributed by atoms with Gasteiger partial charge in [0.2, 0.25) is 0 Å². The molecule has 0 saturated carbocycles. The number of hydrogen-bond acceptors (Lipinski definition) is 4. The van der Waals surface area contributed by atoms with Crippen molar-refractivity contribution in [2.45, 2.75) is 19.9 Å². The van der Waals surface area contributed by atoms with Gasteiger partial charge in [-0.05, 0) is 36.1 Å². The van der Waals surface area contributed by atoms with E-state index < -0.39 is 0 Å². The lowest BCUT2D eigenvalue weighted by Gasteiger charge is -2.31. The number of ether oxygens (including phenoxy) is 1. The van der Waals surface area contributed by atoms with Crippen LogP contribution in [0.5, 0.6) is 0 Å². The van der Waals surface area contributed by atoms with E-state index in [1.807, 2.05) is 24.3 Å². The van der Waals surface area contributed by atoms with Gasteiger partial charge < -0.3 is 10.1 Å². The van der Waals surface area contributed by atoms with Gasteiger partial charge in [-0.2, -0.15) is 0 Å². The molecule has 2 rings (SSSR count). The average molecular weight is 347 g/mol. The largest absolute Gasteiger partial charge is 0.468 e. The molecule has 1 saturated heterocycles. The van der Waals surface area contributed by atoms with Crippen molar-refractivity contribution in [1.82, 2.24) is 10.2 Å². The van der Waals surface area contributed by atoms with Crippen LogP contribution >= 0.6 is 24.0 Å². The van der Waals surface area contributed by atoms with E-state index >= 15 is 0 Å². The first-order chi connectivity index (χ1) is 10.0. The second-order valence-electron chi connectivity index (χ2n) is 6.09. The molecule has 0 aliphatic carbocycles. The zero-order chi connectivity index (χ0) is 15.3. The molecule has 0 aromatic heterocycles. The second kappa shape index (κ2) is 8.73. The maximum Gasteiger partial charge on any atom is 0.319 e. The minimum absolute atomic E-state index is 0. The van der Waals surface area contributed by atoms with Crippen LogP contribution in [-0.4, -0.2) is 44.2 Å². The first-order valence-corrected chi connectivity index (χ1v) is 7.63. The highest BCUT2D eigenvalue weighted by Crippen LogP contribution is 2.26. The van der Waals surface area contributed by atoms with Gasteiger partial charge in [-0.3, -0.25) is 9.69 Å². The van der Waals surface area contributed by atoms with Gasteiger partial charge in [0.25, 0.3) is 0 Å². The first kappa shape index (κ1) is 19.2. The number of carbonyl (C=O) groups excluding carboxylic acids is 1. The Morgan fingerprint density at radius 2 is 2.09 bits per heavy atom. The summed E-state index contributed by atoms with van der Waals surface area (Å²) in [6, 6.07) is 7.77. The molecule has 1 aromatic rings. The third-order valence-corrected chi connectivity index (χ3v) is 4.21. The molecule has 22 heavy (non-hydrogen) atoms. The standard InChI is InChI=1S/C16H23ClN2O2.ClH/c1-16(7-8-18-11-16)12-19(10-15(20)21-2)9-13-3-5-14(17)6-4-13;/h3-6,18H,7-12H2,1-2H3;1H. The number of carbonyl (C=O) groups is 1. The summed E-state index contributed by atoms with van der Waals surface area (Å²) in [5, 5.41) is 4.12. The van der Waals surface area contributed by atoms with Crippen LogP contribution in [0.4, 0.5) is 0 Å². The fraction of sp³-hybridized carbons (Fsp3) is 0.562. The molecule has 6 heteroatoms. The van der Waals surface area contributed by atoms with Crippen molar-refractivity contribution in [3.8, 4) is 0 Å². The Kier molecular flexibility index (Phi) is 7.63. The molecule has 1 N–H and O–H groups in total. The van der Waals surface area contributed by atoms with Gasteiger partial charge in [0.1, 0.15) is 0 Å². The van der Waals surface area contributed by atoms with E-state index in [1.165, 1.54) is 7.11 Å². The minimum atomic E-state index is -0.196. The molecule has 1 unspecified atom stereocenters. The molecule has 0 bridgehead atoms. The van der Waals surface area contributed by atoms with Gasteiger partial charge in [-0.25, -0.2) is 0 Å². The second-order valence-corrected chi connectivity index (χ2v) is 6.52. The molecular weight excluding hydrogens is 323 g/mol. The molecule has 0 spiro atoms. The quantitative estimate of drug-likeness (QED) is 0.804. The van der Waals surface area contributed by atoms with Gasteiger partial charge in [0.05, 0.1) is 13.7 Å². The van der Waals surface area contributed by atoms with Crippen molar-refractivity contribution < 1.29 is 9.53 Å². The summed E-state index contributed by atoms with van der Waals surface area (Å²) < 4.78 is 4.82. The molecule has 1 heterocycles. The summed E-state index contributed by atoms with van der Waals surface area (Å²) in [5.41, 5.74) is 1.36. The maximum atomic E-state index is 11.6. The van der Waals surface area contributed by atoms with E-state index in [4.69, 9.17) is 16.3 Å². The van der Waals surface area contributed by atoms with E-state index in [9.17, 15) is 4.79 Å². The summed E-state index contributed by atoms with van der Waals surface area (Å²) in [4.78, 5) is 13.8. The molecule has 1 atom stereocenters. The number of benzene rings is 1. The van der Waals surface area contributed by atoms with Gasteiger partial charge in [0.15, 0.2) is 0 Å². The molecule has 4 nitrogen and oxygen atoms in total. The lowest BCUT2D eigenvalue weighted by Crippen LogP contribution is -2.40. The summed E-state index contributed by atoms with van der Waals surface area (Å²) in [6.45, 7) is 6.21. The fourth-order valence-corrected chi connectivity index (χ4v) is 2.93. The van der Waals surface area contributed by atoms with E-state index in [0.717, 1.165) is 43.2 Å². The van der Waals surface area contributed by atoms with Gasteiger partial charge >= 0.3 is 5.97 Å². The Morgan fingerprint density at radius 1 is 1.41 bits per heavy atom. The van der Waals surface area contributed by atoms with Crippen LogP contribution in [0, 0.1) is 5.41 Å². The summed E-state index contributed by atoms with van der Waals surface area (Å²) in [7, 11) is 1.43. The number of rotatable bonds is 6. The molecule has 1 fully saturated rings. The number of methoxy groups -OCH3 is 1. The van der Waals surface area contributed by atoms with Gasteiger partial charge in [-0.1, -0.05) is 30.7 Å². The first-order valence-electron chi connectivity index (χ1n) is 7.25. The summed E-state index contributed by atoms with van der Waals surface area (Å²) >= 11 is 5.92. The Balaban J connectivity index is 0.00000242. The highest BCUT2D eigenvalue weighted by molar-refractivity contribution is 6.30. The highest BCUT2D eigenvalue weighted by Gasteiger charge is 2.31. The summed E-state index contributed by atoms with van der Waals surface area (Å²) in [6.07, 6.45) is 1.13. The van der Waals surface area contributed by atoms with Crippen LogP contribution in [0.25, 0.3) is 0 Å². The zero-order valence-electron chi connectivity index (χ0n) is 13.1. The summed E-state index contributed by atoms with van der Waals surface area (Å²) in [5.74, 6) is -0.196. The Morgan fingerprint density at radius 3 is 2.64 bits per heavy atom. The molecule has 1 aromatic carbocycles. The highest BCUT2D eigenvalue weighted by atomic mass is 35.5. The lowest BCUT2D eigenvalue weighted by atomic mass is 9.89. The van der Waals surface area contributed by atoms with Crippen LogP contribution in [0.1, 0.15) is 18.9 Å². The number of nitrogens with zero attached hydrogens (tertiary/aromatic N) is 1. The van der Waals surface area contributed by atoms with Crippen molar-refractivity contribution in [3.63, 3.8) is 0 Å². The van der Waals surface area contributed by atoms with E-state index in [2.05, 4.69) is 17.1 Å². The average Bonchev–Trinajstić information content (AvgIpc) is 2.87. The molecular formula is C16H24Cl2N2O2. The molecule has 124 valence electrons. The van der Waals surface area contributed by atoms with E-state index in [-0.39, 0.29) is 23.8 Å². The molecule has 0 radical (unpaired) electrons. The van der Waals surface area contributed by atoms with Crippen LogP contribution in [0.2, 0.25) is 5.02 Å². The number of nitrogens with one attached hydrogen (secondary N) is 1. The van der Waals surface area contributed by atoms with Crippen LogP contribution < -0.4 is 5.32 Å². The monoisotopic (exact) mass is 346 g/mol. The third kappa shape index (κ3) is 5.76. The Labute approximate surface area is 143 Å². The third-order valence-electron chi connectivity index (χ3n) is 3.96. The minimum Gasteiger partial charge on any atom is -0.468 e. The van der Waals surface area contributed by atoms with Crippen molar-refractivity contribution in [3.05, 3.63) is 34.9 Å². The molecule has 0 amide bonds. The zero-order valence-corrected chi connectivity index (χ0v) is 14.7. The van der Waals surface area contributed by atoms with Gasteiger partial charge in [-0.15, -0.1) is 12.4 Å². The topological polar surface area (TPSA) is 41.6 Å². The number of hydrogen-bond donors (Lipinski definition) is 1. The van der Waals surface area contributed by atoms with Crippen molar-refractivity contribution in [2.24, 2.45) is 5.41 Å². The molecule has 1 aliphatic heterocycles. The van der Waals surface area contributed by atoms with Crippen molar-refractivity contribution >= 4 is 30.0 Å². The normalized spacial score (nSPS) is 20.7. The van der Waals surface area contributed by atoms with Crippen LogP contribution in [0.3, 0.4) is 0 Å².